The highest BCUT2D eigenvalue weighted by molar-refractivity contribution is 7.10. The van der Waals surface area contributed by atoms with Crippen molar-refractivity contribution in [2.45, 2.75) is 6.54 Å². The summed E-state index contributed by atoms with van der Waals surface area (Å²) in [4.78, 5) is 14.9. The summed E-state index contributed by atoms with van der Waals surface area (Å²) in [6, 6.07) is 9.47. The fraction of sp³-hybridized carbons (Fsp3) is 0.188. The van der Waals surface area contributed by atoms with Crippen molar-refractivity contribution in [3.63, 3.8) is 0 Å². The fourth-order valence-electron chi connectivity index (χ4n) is 2.15. The van der Waals surface area contributed by atoms with Gasteiger partial charge in [0, 0.05) is 15.8 Å². The van der Waals surface area contributed by atoms with Crippen LogP contribution in [0.3, 0.4) is 0 Å². The zero-order valence-electron chi connectivity index (χ0n) is 11.2. The molecule has 1 aromatic carbocycles. The number of amides is 1. The summed E-state index contributed by atoms with van der Waals surface area (Å²) in [6.07, 6.45) is 0. The van der Waals surface area contributed by atoms with Crippen molar-refractivity contribution in [2.75, 3.05) is 18.1 Å². The van der Waals surface area contributed by atoms with Gasteiger partial charge in [-0.05, 0) is 18.2 Å². The van der Waals surface area contributed by atoms with E-state index in [0.29, 0.717) is 6.54 Å². The standard InChI is InChI=1S/C16H13NO3S/c18-7-3-4-12-8-13(21-11-12)9-17-14-5-1-2-6-15(14)20-10-16(17)19/h1-2,5-6,8,11,18H,7,9-10H2. The molecule has 1 N–H and O–H groups in total. The Morgan fingerprint density at radius 1 is 1.38 bits per heavy atom. The molecule has 3 rings (SSSR count). The molecule has 0 aliphatic carbocycles. The molecule has 2 aromatic rings. The van der Waals surface area contributed by atoms with E-state index in [4.69, 9.17) is 9.84 Å². The summed E-state index contributed by atoms with van der Waals surface area (Å²) < 4.78 is 5.42. The van der Waals surface area contributed by atoms with E-state index in [0.717, 1.165) is 21.9 Å². The van der Waals surface area contributed by atoms with Gasteiger partial charge in [-0.15, -0.1) is 11.3 Å². The number of rotatable bonds is 2. The first-order valence-electron chi connectivity index (χ1n) is 6.47. The smallest absolute Gasteiger partial charge is 0.265 e. The van der Waals surface area contributed by atoms with Crippen LogP contribution in [0.4, 0.5) is 5.69 Å². The van der Waals surface area contributed by atoms with Crippen LogP contribution in [0, 0.1) is 11.8 Å². The van der Waals surface area contributed by atoms with Crippen LogP contribution in [0.25, 0.3) is 0 Å². The Morgan fingerprint density at radius 2 is 2.24 bits per heavy atom. The molecule has 5 heteroatoms. The number of nitrogens with zero attached hydrogens (tertiary/aromatic N) is 1. The number of aliphatic hydroxyl groups is 1. The third-order valence-electron chi connectivity index (χ3n) is 3.09. The molecule has 106 valence electrons. The number of para-hydroxylation sites is 2. The lowest BCUT2D eigenvalue weighted by atomic mass is 10.2. The second-order valence-corrected chi connectivity index (χ2v) is 5.49. The number of benzene rings is 1. The van der Waals surface area contributed by atoms with Crippen LogP contribution in [0.15, 0.2) is 35.7 Å². The normalized spacial score (nSPS) is 13.2. The van der Waals surface area contributed by atoms with E-state index in [-0.39, 0.29) is 19.1 Å². The van der Waals surface area contributed by atoms with E-state index in [2.05, 4.69) is 11.8 Å². The Labute approximate surface area is 126 Å². The molecule has 0 saturated heterocycles. The molecular weight excluding hydrogens is 286 g/mol. The summed E-state index contributed by atoms with van der Waals surface area (Å²) in [5.41, 5.74) is 1.66. The minimum atomic E-state index is -0.152. The zero-order valence-corrected chi connectivity index (χ0v) is 12.0. The lowest BCUT2D eigenvalue weighted by molar-refractivity contribution is -0.121. The first-order valence-corrected chi connectivity index (χ1v) is 7.35. The minimum absolute atomic E-state index is 0.0508. The summed E-state index contributed by atoms with van der Waals surface area (Å²) in [6.45, 7) is 0.421. The minimum Gasteiger partial charge on any atom is -0.482 e. The number of hydrogen-bond acceptors (Lipinski definition) is 4. The molecule has 4 nitrogen and oxygen atoms in total. The molecular formula is C16H13NO3S. The largest absolute Gasteiger partial charge is 0.482 e. The van der Waals surface area contributed by atoms with Gasteiger partial charge < -0.3 is 14.7 Å². The van der Waals surface area contributed by atoms with Gasteiger partial charge in [-0.25, -0.2) is 0 Å². The van der Waals surface area contributed by atoms with Gasteiger partial charge in [0.25, 0.3) is 5.91 Å². The number of aliphatic hydroxyl groups excluding tert-OH is 1. The average Bonchev–Trinajstić information content (AvgIpc) is 2.96. The Hall–Kier alpha value is -2.29. The zero-order chi connectivity index (χ0) is 14.7. The first-order chi connectivity index (χ1) is 10.3. The second-order valence-electron chi connectivity index (χ2n) is 4.50. The van der Waals surface area contributed by atoms with Crippen molar-refractivity contribution in [1.82, 2.24) is 0 Å². The maximum Gasteiger partial charge on any atom is 0.265 e. The Kier molecular flexibility index (Phi) is 3.91. The molecule has 1 amide bonds. The van der Waals surface area contributed by atoms with Crippen molar-refractivity contribution >= 4 is 22.9 Å². The van der Waals surface area contributed by atoms with Crippen LogP contribution in [-0.4, -0.2) is 24.2 Å². The van der Waals surface area contributed by atoms with Gasteiger partial charge in [-0.1, -0.05) is 24.0 Å². The number of hydrogen-bond donors (Lipinski definition) is 1. The highest BCUT2D eigenvalue weighted by atomic mass is 32.1. The number of thiophene rings is 1. The summed E-state index contributed by atoms with van der Waals surface area (Å²) in [5.74, 6) is 6.16. The molecule has 0 unspecified atom stereocenters. The highest BCUT2D eigenvalue weighted by Gasteiger charge is 2.25. The number of anilines is 1. The van der Waals surface area contributed by atoms with E-state index in [9.17, 15) is 4.79 Å². The van der Waals surface area contributed by atoms with Crippen molar-refractivity contribution < 1.29 is 14.6 Å². The maximum atomic E-state index is 12.1. The molecule has 1 aliphatic heterocycles. The van der Waals surface area contributed by atoms with Gasteiger partial charge in [-0.2, -0.15) is 0 Å². The number of ether oxygens (including phenoxy) is 1. The third-order valence-corrected chi connectivity index (χ3v) is 4.01. The highest BCUT2D eigenvalue weighted by Crippen LogP contribution is 2.33. The molecule has 1 aromatic heterocycles. The summed E-state index contributed by atoms with van der Waals surface area (Å²) in [7, 11) is 0. The topological polar surface area (TPSA) is 49.8 Å². The van der Waals surface area contributed by atoms with Gasteiger partial charge in [0.1, 0.15) is 12.4 Å². The maximum absolute atomic E-state index is 12.1. The fourth-order valence-corrected chi connectivity index (χ4v) is 2.96. The van der Waals surface area contributed by atoms with Crippen LogP contribution < -0.4 is 9.64 Å². The number of carbonyl (C=O) groups is 1. The quantitative estimate of drug-likeness (QED) is 0.863. The number of carbonyl (C=O) groups excluding carboxylic acids is 1. The molecule has 21 heavy (non-hydrogen) atoms. The van der Waals surface area contributed by atoms with Crippen LogP contribution >= 0.6 is 11.3 Å². The Bertz CT molecular complexity index is 726. The van der Waals surface area contributed by atoms with E-state index < -0.39 is 0 Å². The van der Waals surface area contributed by atoms with E-state index >= 15 is 0 Å². The molecule has 0 fully saturated rings. The van der Waals surface area contributed by atoms with E-state index in [1.54, 1.807) is 16.2 Å². The van der Waals surface area contributed by atoms with Crippen molar-refractivity contribution in [2.24, 2.45) is 0 Å². The SMILES string of the molecule is O=C1COc2ccccc2N1Cc1cc(C#CCO)cs1. The molecule has 0 spiro atoms. The van der Waals surface area contributed by atoms with Crippen molar-refractivity contribution in [3.05, 3.63) is 46.2 Å². The van der Waals surface area contributed by atoms with Crippen LogP contribution in [0.1, 0.15) is 10.4 Å². The van der Waals surface area contributed by atoms with Gasteiger partial charge >= 0.3 is 0 Å². The predicted molar refractivity (Wildman–Crippen MR) is 81.4 cm³/mol. The molecule has 0 bridgehead atoms. The van der Waals surface area contributed by atoms with Crippen molar-refractivity contribution in [1.29, 1.82) is 0 Å². The van der Waals surface area contributed by atoms with Crippen LogP contribution in [0.2, 0.25) is 0 Å². The van der Waals surface area contributed by atoms with Crippen LogP contribution in [-0.2, 0) is 11.3 Å². The van der Waals surface area contributed by atoms with E-state index in [1.807, 2.05) is 35.7 Å². The number of fused-ring (bicyclic) bond motifs is 1. The Morgan fingerprint density at radius 3 is 3.10 bits per heavy atom. The van der Waals surface area contributed by atoms with Gasteiger partial charge in [0.05, 0.1) is 12.2 Å². The van der Waals surface area contributed by atoms with E-state index in [1.165, 1.54) is 0 Å². The predicted octanol–water partition coefficient (Wildman–Crippen LogP) is 2.02. The first kappa shape index (κ1) is 13.7. The molecule has 0 atom stereocenters. The lowest BCUT2D eigenvalue weighted by Gasteiger charge is -2.28. The Balaban J connectivity index is 1.84. The third kappa shape index (κ3) is 2.92. The average molecular weight is 299 g/mol. The van der Waals surface area contributed by atoms with Gasteiger partial charge in [0.2, 0.25) is 0 Å². The van der Waals surface area contributed by atoms with Crippen molar-refractivity contribution in [3.8, 4) is 17.6 Å². The van der Waals surface area contributed by atoms with Gasteiger partial charge in [0.15, 0.2) is 6.61 Å². The molecule has 1 aliphatic rings. The lowest BCUT2D eigenvalue weighted by Crippen LogP contribution is -2.37. The second kappa shape index (κ2) is 6.00. The summed E-state index contributed by atoms with van der Waals surface area (Å²) in [5, 5.41) is 10.6. The molecule has 0 saturated carbocycles. The summed E-state index contributed by atoms with van der Waals surface area (Å²) >= 11 is 1.55. The van der Waals surface area contributed by atoms with Crippen LogP contribution in [0.5, 0.6) is 5.75 Å². The molecule has 0 radical (unpaired) electrons. The van der Waals surface area contributed by atoms with Gasteiger partial charge in [-0.3, -0.25) is 4.79 Å². The monoisotopic (exact) mass is 299 g/mol. The molecule has 2 heterocycles.